The van der Waals surface area contributed by atoms with Crippen LogP contribution in [0.2, 0.25) is 0 Å². The Morgan fingerprint density at radius 3 is 1.86 bits per heavy atom. The van der Waals surface area contributed by atoms with E-state index in [1.807, 2.05) is 30.3 Å². The quantitative estimate of drug-likeness (QED) is 0.753. The van der Waals surface area contributed by atoms with Crippen molar-refractivity contribution < 1.29 is 16.8 Å². The molecule has 0 atom stereocenters. The van der Waals surface area contributed by atoms with Crippen LogP contribution in [0.1, 0.15) is 12.5 Å². The van der Waals surface area contributed by atoms with E-state index in [0.717, 1.165) is 5.56 Å². The molecule has 0 unspecified atom stereocenters. The highest BCUT2D eigenvalue weighted by molar-refractivity contribution is 7.89. The van der Waals surface area contributed by atoms with Crippen molar-refractivity contribution in [3.63, 3.8) is 0 Å². The Bertz CT molecular complexity index is 679. The summed E-state index contributed by atoms with van der Waals surface area (Å²) in [6.07, 6.45) is 0.469. The number of hydrogen-bond acceptors (Lipinski definition) is 4. The first-order valence-electron chi connectivity index (χ1n) is 7.35. The largest absolute Gasteiger partial charge is 0.214 e. The molecule has 0 aliphatic carbocycles. The summed E-state index contributed by atoms with van der Waals surface area (Å²) in [7, 11) is -6.58. The molecule has 0 spiro atoms. The van der Waals surface area contributed by atoms with Gasteiger partial charge in [0, 0.05) is 26.2 Å². The number of nitrogens with zero attached hydrogens (tertiary/aromatic N) is 2. The van der Waals surface area contributed by atoms with Crippen molar-refractivity contribution in [2.24, 2.45) is 0 Å². The molecule has 1 aliphatic heterocycles. The highest BCUT2D eigenvalue weighted by Crippen LogP contribution is 2.13. The fourth-order valence-electron chi connectivity index (χ4n) is 2.43. The van der Waals surface area contributed by atoms with Crippen molar-refractivity contribution in [3.8, 4) is 0 Å². The summed E-state index contributed by atoms with van der Waals surface area (Å²) in [5, 5.41) is 0. The molecule has 124 valence electrons. The van der Waals surface area contributed by atoms with Crippen LogP contribution in [0.4, 0.5) is 0 Å². The SMILES string of the molecule is CCS(=O)(=O)N1CCN(S(=O)(=O)CCc2ccccc2)CC1. The van der Waals surface area contributed by atoms with Crippen molar-refractivity contribution >= 4 is 20.0 Å². The molecule has 0 radical (unpaired) electrons. The Hall–Kier alpha value is -0.960. The molecule has 6 nitrogen and oxygen atoms in total. The molecular formula is C14H22N2O4S2. The first kappa shape index (κ1) is 17.4. The Balaban J connectivity index is 1.92. The van der Waals surface area contributed by atoms with Crippen LogP contribution in [-0.2, 0) is 26.5 Å². The molecule has 1 aromatic carbocycles. The number of hydrogen-bond donors (Lipinski definition) is 0. The molecule has 1 heterocycles. The molecule has 22 heavy (non-hydrogen) atoms. The second kappa shape index (κ2) is 7.08. The second-order valence-electron chi connectivity index (χ2n) is 5.25. The standard InChI is InChI=1S/C14H22N2O4S2/c1-2-21(17,18)15-9-11-16(12-10-15)22(19,20)13-8-14-6-4-3-5-7-14/h3-7H,2,8-13H2,1H3. The monoisotopic (exact) mass is 346 g/mol. The van der Waals surface area contributed by atoms with E-state index in [2.05, 4.69) is 0 Å². The van der Waals surface area contributed by atoms with Gasteiger partial charge in [-0.15, -0.1) is 0 Å². The van der Waals surface area contributed by atoms with Crippen LogP contribution < -0.4 is 0 Å². The van der Waals surface area contributed by atoms with Gasteiger partial charge in [-0.3, -0.25) is 0 Å². The topological polar surface area (TPSA) is 74.8 Å². The van der Waals surface area contributed by atoms with E-state index in [1.165, 1.54) is 8.61 Å². The molecule has 1 aliphatic rings. The van der Waals surface area contributed by atoms with Gasteiger partial charge in [-0.05, 0) is 18.9 Å². The van der Waals surface area contributed by atoms with E-state index in [4.69, 9.17) is 0 Å². The minimum atomic E-state index is -3.35. The average Bonchev–Trinajstić information content (AvgIpc) is 2.54. The van der Waals surface area contributed by atoms with Crippen LogP contribution in [0.15, 0.2) is 30.3 Å². The molecule has 1 aromatic rings. The van der Waals surface area contributed by atoms with Gasteiger partial charge in [0.2, 0.25) is 20.0 Å². The zero-order valence-electron chi connectivity index (χ0n) is 12.7. The summed E-state index contributed by atoms with van der Waals surface area (Å²) >= 11 is 0. The summed E-state index contributed by atoms with van der Waals surface area (Å²) in [5.41, 5.74) is 0.985. The van der Waals surface area contributed by atoms with E-state index in [0.29, 0.717) is 6.42 Å². The summed E-state index contributed by atoms with van der Waals surface area (Å²) in [4.78, 5) is 0. The van der Waals surface area contributed by atoms with Crippen LogP contribution >= 0.6 is 0 Å². The van der Waals surface area contributed by atoms with Crippen LogP contribution in [0.5, 0.6) is 0 Å². The van der Waals surface area contributed by atoms with Gasteiger partial charge in [0.1, 0.15) is 0 Å². The summed E-state index contributed by atoms with van der Waals surface area (Å²) < 4.78 is 51.0. The number of aryl methyl sites for hydroxylation is 1. The van der Waals surface area contributed by atoms with E-state index in [1.54, 1.807) is 6.92 Å². The fourth-order valence-corrected chi connectivity index (χ4v) is 4.99. The first-order chi connectivity index (χ1) is 10.3. The van der Waals surface area contributed by atoms with Gasteiger partial charge in [-0.2, -0.15) is 8.61 Å². The Labute approximate surface area is 132 Å². The molecule has 0 N–H and O–H groups in total. The predicted octanol–water partition coefficient (Wildman–Crippen LogP) is 0.526. The van der Waals surface area contributed by atoms with Gasteiger partial charge in [0.15, 0.2) is 0 Å². The van der Waals surface area contributed by atoms with Crippen molar-refractivity contribution in [1.29, 1.82) is 0 Å². The van der Waals surface area contributed by atoms with Crippen LogP contribution in [-0.4, -0.2) is 63.1 Å². The van der Waals surface area contributed by atoms with Crippen molar-refractivity contribution in [2.45, 2.75) is 13.3 Å². The number of rotatable bonds is 6. The van der Waals surface area contributed by atoms with Crippen LogP contribution in [0, 0.1) is 0 Å². The highest BCUT2D eigenvalue weighted by atomic mass is 32.2. The van der Waals surface area contributed by atoms with Crippen LogP contribution in [0.25, 0.3) is 0 Å². The lowest BCUT2D eigenvalue weighted by atomic mass is 10.2. The molecule has 0 aromatic heterocycles. The smallest absolute Gasteiger partial charge is 0.212 e. The third-order valence-corrected chi connectivity index (χ3v) is 7.59. The number of sulfonamides is 2. The molecule has 0 saturated carbocycles. The van der Waals surface area contributed by atoms with Gasteiger partial charge in [0.25, 0.3) is 0 Å². The molecule has 2 rings (SSSR count). The van der Waals surface area contributed by atoms with Crippen molar-refractivity contribution in [2.75, 3.05) is 37.7 Å². The summed E-state index contributed by atoms with van der Waals surface area (Å²) in [6, 6.07) is 9.47. The molecule has 1 fully saturated rings. The van der Waals surface area contributed by atoms with Gasteiger partial charge >= 0.3 is 0 Å². The maximum Gasteiger partial charge on any atom is 0.214 e. The lowest BCUT2D eigenvalue weighted by Crippen LogP contribution is -2.51. The Morgan fingerprint density at radius 1 is 0.864 bits per heavy atom. The zero-order chi connectivity index (χ0) is 16.2. The van der Waals surface area contributed by atoms with E-state index in [-0.39, 0.29) is 37.7 Å². The normalized spacial score (nSPS) is 18.4. The molecule has 0 amide bonds. The van der Waals surface area contributed by atoms with Gasteiger partial charge in [-0.25, -0.2) is 16.8 Å². The van der Waals surface area contributed by atoms with E-state index < -0.39 is 20.0 Å². The van der Waals surface area contributed by atoms with E-state index >= 15 is 0 Å². The lowest BCUT2D eigenvalue weighted by Gasteiger charge is -2.33. The molecule has 1 saturated heterocycles. The number of benzene rings is 1. The Morgan fingerprint density at radius 2 is 1.36 bits per heavy atom. The van der Waals surface area contributed by atoms with Crippen molar-refractivity contribution in [1.82, 2.24) is 8.61 Å². The lowest BCUT2D eigenvalue weighted by molar-refractivity contribution is 0.273. The van der Waals surface area contributed by atoms with Crippen molar-refractivity contribution in [3.05, 3.63) is 35.9 Å². The zero-order valence-corrected chi connectivity index (χ0v) is 14.3. The molecule has 8 heteroatoms. The average molecular weight is 346 g/mol. The van der Waals surface area contributed by atoms with E-state index in [9.17, 15) is 16.8 Å². The van der Waals surface area contributed by atoms with Crippen LogP contribution in [0.3, 0.4) is 0 Å². The predicted molar refractivity (Wildman–Crippen MR) is 86.5 cm³/mol. The fraction of sp³-hybridized carbons (Fsp3) is 0.571. The van der Waals surface area contributed by atoms with Gasteiger partial charge in [-0.1, -0.05) is 30.3 Å². The third kappa shape index (κ3) is 4.28. The summed E-state index contributed by atoms with van der Waals surface area (Å²) in [5.74, 6) is 0.102. The minimum Gasteiger partial charge on any atom is -0.212 e. The highest BCUT2D eigenvalue weighted by Gasteiger charge is 2.30. The minimum absolute atomic E-state index is 0.0494. The maximum atomic E-state index is 12.3. The molecule has 0 bridgehead atoms. The second-order valence-corrected chi connectivity index (χ2v) is 9.60. The Kier molecular flexibility index (Phi) is 5.60. The maximum absolute atomic E-state index is 12.3. The third-order valence-electron chi connectivity index (χ3n) is 3.84. The van der Waals surface area contributed by atoms with Gasteiger partial charge in [0.05, 0.1) is 11.5 Å². The summed E-state index contributed by atoms with van der Waals surface area (Å²) in [6.45, 7) is 2.53. The number of piperazine rings is 1. The van der Waals surface area contributed by atoms with Gasteiger partial charge < -0.3 is 0 Å². The first-order valence-corrected chi connectivity index (χ1v) is 10.6. The molecular weight excluding hydrogens is 324 g/mol.